The maximum atomic E-state index is 9.44. The molecule has 0 aliphatic carbocycles. The molecule has 2 aromatic rings. The number of phenolic OH excluding ortho intramolecular Hbond substituents is 1. The van der Waals surface area contributed by atoms with Crippen molar-refractivity contribution in [3.8, 4) is 5.75 Å². The van der Waals surface area contributed by atoms with E-state index in [9.17, 15) is 5.11 Å². The second-order valence-electron chi connectivity index (χ2n) is 6.40. The van der Waals surface area contributed by atoms with Gasteiger partial charge in [0.2, 0.25) is 0 Å². The highest BCUT2D eigenvalue weighted by Gasteiger charge is 2.20. The standard InChI is InChI=1S/C20H24ClN3O/c1-2-20(17-5-9-19(25)10-6-17)22-24-13-11-23(12-14-24)15-16-3-7-18(21)8-4-16/h2-10,22,25H,11-15H2,1H3/p+1/b20-2-. The molecule has 0 amide bonds. The molecule has 0 bridgehead atoms. The van der Waals surface area contributed by atoms with Crippen molar-refractivity contribution >= 4 is 17.3 Å². The second-order valence-corrected chi connectivity index (χ2v) is 6.84. The van der Waals surface area contributed by atoms with Crippen LogP contribution in [0.15, 0.2) is 54.6 Å². The number of hydrogen-bond donors (Lipinski definition) is 3. The van der Waals surface area contributed by atoms with Crippen LogP contribution in [0.25, 0.3) is 5.70 Å². The Morgan fingerprint density at radius 2 is 1.76 bits per heavy atom. The highest BCUT2D eigenvalue weighted by molar-refractivity contribution is 6.30. The maximum absolute atomic E-state index is 9.44. The van der Waals surface area contributed by atoms with Crippen LogP contribution in [-0.4, -0.2) is 36.3 Å². The summed E-state index contributed by atoms with van der Waals surface area (Å²) in [5.74, 6) is 0.290. The molecule has 132 valence electrons. The number of allylic oxidation sites excluding steroid dienone is 1. The summed E-state index contributed by atoms with van der Waals surface area (Å²) in [6, 6.07) is 15.4. The largest absolute Gasteiger partial charge is 0.508 e. The molecule has 0 unspecified atom stereocenters. The van der Waals surface area contributed by atoms with Gasteiger partial charge >= 0.3 is 0 Å². The van der Waals surface area contributed by atoms with Crippen LogP contribution < -0.4 is 10.3 Å². The average Bonchev–Trinajstić information content (AvgIpc) is 2.64. The Hall–Kier alpha value is -2.01. The zero-order chi connectivity index (χ0) is 17.6. The van der Waals surface area contributed by atoms with E-state index in [-0.39, 0.29) is 0 Å². The second kappa shape index (κ2) is 8.39. The molecular weight excluding hydrogens is 334 g/mol. The predicted octanol–water partition coefficient (Wildman–Crippen LogP) is 2.31. The smallest absolute Gasteiger partial charge is 0.115 e. The molecule has 0 spiro atoms. The van der Waals surface area contributed by atoms with E-state index in [0.717, 1.165) is 49.0 Å². The fourth-order valence-corrected chi connectivity index (χ4v) is 3.24. The number of phenols is 1. The Morgan fingerprint density at radius 1 is 1.12 bits per heavy atom. The lowest BCUT2D eigenvalue weighted by Gasteiger charge is -2.33. The van der Waals surface area contributed by atoms with Crippen LogP contribution in [0, 0.1) is 0 Å². The number of benzene rings is 2. The fraction of sp³-hybridized carbons (Fsp3) is 0.300. The lowest BCUT2D eigenvalue weighted by molar-refractivity contribution is -0.918. The molecule has 3 N–H and O–H groups in total. The van der Waals surface area contributed by atoms with Crippen molar-refractivity contribution in [2.45, 2.75) is 13.5 Å². The first-order chi connectivity index (χ1) is 12.1. The molecule has 25 heavy (non-hydrogen) atoms. The summed E-state index contributed by atoms with van der Waals surface area (Å²) in [4.78, 5) is 1.59. The number of rotatable bonds is 5. The first kappa shape index (κ1) is 17.8. The van der Waals surface area contributed by atoms with E-state index >= 15 is 0 Å². The number of hydrazine groups is 1. The van der Waals surface area contributed by atoms with E-state index in [2.05, 4.69) is 28.6 Å². The summed E-state index contributed by atoms with van der Waals surface area (Å²) < 4.78 is 0. The third-order valence-corrected chi connectivity index (χ3v) is 4.84. The molecule has 0 saturated carbocycles. The van der Waals surface area contributed by atoms with Crippen molar-refractivity contribution in [3.63, 3.8) is 0 Å². The van der Waals surface area contributed by atoms with E-state index in [1.165, 1.54) is 5.56 Å². The number of quaternary nitrogens is 1. The molecule has 3 rings (SSSR count). The average molecular weight is 359 g/mol. The summed E-state index contributed by atoms with van der Waals surface area (Å²) >= 11 is 5.95. The lowest BCUT2D eigenvalue weighted by Crippen LogP contribution is -3.13. The van der Waals surface area contributed by atoms with Crippen molar-refractivity contribution < 1.29 is 10.0 Å². The molecule has 2 aromatic carbocycles. The Labute approximate surface area is 154 Å². The van der Waals surface area contributed by atoms with Gasteiger partial charge in [-0.3, -0.25) is 0 Å². The van der Waals surface area contributed by atoms with Crippen LogP contribution in [0.4, 0.5) is 0 Å². The van der Waals surface area contributed by atoms with Gasteiger partial charge in [0, 0.05) is 10.6 Å². The molecule has 0 aromatic heterocycles. The van der Waals surface area contributed by atoms with Crippen LogP contribution in [0.3, 0.4) is 0 Å². The summed E-state index contributed by atoms with van der Waals surface area (Å²) in [7, 11) is 0. The molecule has 0 atom stereocenters. The van der Waals surface area contributed by atoms with Crippen molar-refractivity contribution in [3.05, 3.63) is 70.8 Å². The number of nitrogens with one attached hydrogen (secondary N) is 2. The maximum Gasteiger partial charge on any atom is 0.115 e. The highest BCUT2D eigenvalue weighted by Crippen LogP contribution is 2.16. The van der Waals surface area contributed by atoms with Crippen molar-refractivity contribution in [1.29, 1.82) is 0 Å². The van der Waals surface area contributed by atoms with Gasteiger partial charge in [-0.05, 0) is 48.9 Å². The van der Waals surface area contributed by atoms with Crippen LogP contribution in [0.2, 0.25) is 5.02 Å². The quantitative estimate of drug-likeness (QED) is 0.768. The Morgan fingerprint density at radius 3 is 2.36 bits per heavy atom. The lowest BCUT2D eigenvalue weighted by atomic mass is 10.1. The first-order valence-electron chi connectivity index (χ1n) is 8.69. The topological polar surface area (TPSA) is 39.9 Å². The van der Waals surface area contributed by atoms with Gasteiger partial charge < -0.3 is 15.4 Å². The first-order valence-corrected chi connectivity index (χ1v) is 9.07. The molecular formula is C20H25ClN3O+. The van der Waals surface area contributed by atoms with Crippen LogP contribution in [0.5, 0.6) is 5.75 Å². The molecule has 1 aliphatic heterocycles. The number of hydrogen-bond acceptors (Lipinski definition) is 3. The van der Waals surface area contributed by atoms with E-state index < -0.39 is 0 Å². The minimum absolute atomic E-state index is 0.290. The number of aromatic hydroxyl groups is 1. The fourth-order valence-electron chi connectivity index (χ4n) is 3.11. The highest BCUT2D eigenvalue weighted by atomic mass is 35.5. The number of nitrogens with zero attached hydrogens (tertiary/aromatic N) is 1. The third-order valence-electron chi connectivity index (χ3n) is 4.58. The van der Waals surface area contributed by atoms with E-state index in [1.807, 2.05) is 31.2 Å². The summed E-state index contributed by atoms with van der Waals surface area (Å²) in [6.07, 6.45) is 2.07. The van der Waals surface area contributed by atoms with Crippen LogP contribution in [-0.2, 0) is 6.54 Å². The Bertz CT molecular complexity index is 705. The molecule has 1 heterocycles. The SMILES string of the molecule is C/C=C(\NN1CC[NH+](Cc2ccc(Cl)cc2)CC1)c1ccc(O)cc1. The van der Waals surface area contributed by atoms with Gasteiger partial charge in [-0.15, -0.1) is 0 Å². The molecule has 1 aliphatic rings. The summed E-state index contributed by atoms with van der Waals surface area (Å²) in [5.41, 5.74) is 7.00. The van der Waals surface area contributed by atoms with Gasteiger partial charge in [-0.1, -0.05) is 29.8 Å². The third kappa shape index (κ3) is 4.98. The summed E-state index contributed by atoms with van der Waals surface area (Å²) in [6.45, 7) is 7.26. The van der Waals surface area contributed by atoms with Gasteiger partial charge in [0.25, 0.3) is 0 Å². The minimum atomic E-state index is 0.290. The van der Waals surface area contributed by atoms with Gasteiger partial charge in [0.05, 0.1) is 31.9 Å². The monoisotopic (exact) mass is 358 g/mol. The Balaban J connectivity index is 1.51. The van der Waals surface area contributed by atoms with Gasteiger partial charge in [0.15, 0.2) is 0 Å². The van der Waals surface area contributed by atoms with Gasteiger partial charge in [-0.2, -0.15) is 0 Å². The molecule has 4 nitrogen and oxygen atoms in total. The molecule has 5 heteroatoms. The molecule has 1 fully saturated rings. The van der Waals surface area contributed by atoms with Crippen LogP contribution in [0.1, 0.15) is 18.1 Å². The van der Waals surface area contributed by atoms with Crippen molar-refractivity contribution in [2.75, 3.05) is 26.2 Å². The zero-order valence-corrected chi connectivity index (χ0v) is 15.3. The Kier molecular flexibility index (Phi) is 5.97. The zero-order valence-electron chi connectivity index (χ0n) is 14.5. The normalized spacial score (nSPS) is 16.8. The van der Waals surface area contributed by atoms with Gasteiger partial charge in [0.1, 0.15) is 12.3 Å². The summed E-state index contributed by atoms with van der Waals surface area (Å²) in [5, 5.41) is 12.5. The van der Waals surface area contributed by atoms with E-state index in [4.69, 9.17) is 11.6 Å². The van der Waals surface area contributed by atoms with Crippen molar-refractivity contribution in [2.24, 2.45) is 0 Å². The molecule has 0 radical (unpaired) electrons. The minimum Gasteiger partial charge on any atom is -0.508 e. The van der Waals surface area contributed by atoms with Gasteiger partial charge in [-0.25, -0.2) is 5.01 Å². The van der Waals surface area contributed by atoms with Crippen molar-refractivity contribution in [1.82, 2.24) is 10.4 Å². The predicted molar refractivity (Wildman–Crippen MR) is 102 cm³/mol. The number of halogens is 1. The molecule has 1 saturated heterocycles. The van der Waals surface area contributed by atoms with E-state index in [0.29, 0.717) is 5.75 Å². The van der Waals surface area contributed by atoms with Crippen LogP contribution >= 0.6 is 11.6 Å². The number of piperazine rings is 1. The van der Waals surface area contributed by atoms with E-state index in [1.54, 1.807) is 17.0 Å².